The maximum absolute atomic E-state index is 15.2. The van der Waals surface area contributed by atoms with Gasteiger partial charge >= 0.3 is 6.36 Å². The minimum absolute atomic E-state index is 0.00371. The largest absolute Gasteiger partial charge is 0.573 e. The third-order valence-corrected chi connectivity index (χ3v) is 10.3. The Kier molecular flexibility index (Phi) is 11.4. The lowest BCUT2D eigenvalue weighted by molar-refractivity contribution is -0.274. The highest BCUT2D eigenvalue weighted by Crippen LogP contribution is 2.32. The number of ether oxygens (including phenoxy) is 1. The van der Waals surface area contributed by atoms with E-state index < -0.39 is 52.0 Å². The molecule has 1 saturated heterocycles. The van der Waals surface area contributed by atoms with Crippen molar-refractivity contribution < 1.29 is 35.5 Å². The summed E-state index contributed by atoms with van der Waals surface area (Å²) < 4.78 is 85.6. The van der Waals surface area contributed by atoms with Crippen LogP contribution in [0.3, 0.4) is 0 Å². The number of carbonyl (C=O) groups excluding carboxylic acids is 1. The number of carbonyl (C=O) groups is 1. The van der Waals surface area contributed by atoms with Crippen molar-refractivity contribution in [3.05, 3.63) is 88.7 Å². The van der Waals surface area contributed by atoms with Crippen LogP contribution < -0.4 is 21.1 Å². The van der Waals surface area contributed by atoms with Crippen LogP contribution in [0.1, 0.15) is 44.2 Å². The molecule has 14 heteroatoms. The molecule has 0 spiro atoms. The molecule has 3 aromatic rings. The lowest BCUT2D eigenvalue weighted by Gasteiger charge is -2.40. The maximum atomic E-state index is 15.2. The number of nitrogens with zero attached hydrogens (tertiary/aromatic N) is 1. The van der Waals surface area contributed by atoms with Gasteiger partial charge in [-0.15, -0.1) is 13.2 Å². The SMILES string of the molecule is CC(C)[C@H](c1ccc(Cl)cc1)[C@H](N)C(=O)Nc1cccc(F)c1CC[C@H]1CNC[C@H](C)N1S(=O)(=O)c1ccc(OC(F)(F)F)cc1. The number of sulfonamides is 1. The van der Waals surface area contributed by atoms with Crippen LogP contribution in [-0.2, 0) is 21.2 Å². The molecule has 0 saturated carbocycles. The predicted octanol–water partition coefficient (Wildman–Crippen LogP) is 6.07. The standard InChI is InChI=1S/C32H37ClF4N4O4S/c1-19(2)29(21-7-9-22(33)10-8-21)30(38)31(42)40-28-6-4-5-27(34)26(28)16-11-23-18-39-17-20(3)41(23)46(43,44)25-14-12-24(13-15-25)45-32(35,36)37/h4-10,12-15,19-20,23,29-30,39H,11,16-18,38H2,1-3H3,(H,40,42)/t20-,23-,29+,30-/m0/s1. The van der Waals surface area contributed by atoms with Crippen molar-refractivity contribution in [3.63, 3.8) is 0 Å². The van der Waals surface area contributed by atoms with Crippen molar-refractivity contribution in [2.24, 2.45) is 11.7 Å². The van der Waals surface area contributed by atoms with E-state index >= 15 is 4.39 Å². The van der Waals surface area contributed by atoms with E-state index in [2.05, 4.69) is 15.4 Å². The van der Waals surface area contributed by atoms with Crippen LogP contribution in [0, 0.1) is 11.7 Å². The Bertz CT molecular complexity index is 1610. The quantitative estimate of drug-likeness (QED) is 0.212. The number of nitrogens with one attached hydrogen (secondary N) is 2. The van der Waals surface area contributed by atoms with Gasteiger partial charge in [0.1, 0.15) is 11.6 Å². The number of alkyl halides is 3. The summed E-state index contributed by atoms with van der Waals surface area (Å²) in [6, 6.07) is 13.3. The molecule has 0 aliphatic carbocycles. The van der Waals surface area contributed by atoms with Crippen molar-refractivity contribution >= 4 is 33.2 Å². The molecule has 8 nitrogen and oxygen atoms in total. The van der Waals surface area contributed by atoms with Crippen molar-refractivity contribution in [1.82, 2.24) is 9.62 Å². The highest BCUT2D eigenvalue weighted by molar-refractivity contribution is 7.89. The molecule has 3 aromatic carbocycles. The Morgan fingerprint density at radius 3 is 2.35 bits per heavy atom. The summed E-state index contributed by atoms with van der Waals surface area (Å²) in [4.78, 5) is 13.2. The molecule has 1 fully saturated rings. The molecular weight excluding hydrogens is 648 g/mol. The minimum atomic E-state index is -4.92. The number of halogens is 5. The third-order valence-electron chi connectivity index (χ3n) is 8.01. The van der Waals surface area contributed by atoms with Crippen molar-refractivity contribution in [3.8, 4) is 5.75 Å². The molecule has 1 aliphatic heterocycles. The summed E-state index contributed by atoms with van der Waals surface area (Å²) in [6.07, 6.45) is -4.66. The summed E-state index contributed by atoms with van der Waals surface area (Å²) in [5.74, 6) is -1.97. The molecular formula is C32H37ClF4N4O4S. The van der Waals surface area contributed by atoms with Crippen molar-refractivity contribution in [2.75, 3.05) is 18.4 Å². The molecule has 1 heterocycles. The molecule has 250 valence electrons. The monoisotopic (exact) mass is 684 g/mol. The maximum Gasteiger partial charge on any atom is 0.573 e. The topological polar surface area (TPSA) is 114 Å². The molecule has 0 aromatic heterocycles. The highest BCUT2D eigenvalue weighted by atomic mass is 35.5. The average molecular weight is 685 g/mol. The number of nitrogens with two attached hydrogens (primary N) is 1. The van der Waals surface area contributed by atoms with Crippen LogP contribution in [0.4, 0.5) is 23.2 Å². The Balaban J connectivity index is 1.53. The Morgan fingerprint density at radius 1 is 1.09 bits per heavy atom. The van der Waals surface area contributed by atoms with Gasteiger partial charge in [-0.25, -0.2) is 12.8 Å². The first-order valence-corrected chi connectivity index (χ1v) is 16.6. The zero-order valence-electron chi connectivity index (χ0n) is 25.5. The van der Waals surface area contributed by atoms with Gasteiger partial charge in [0.2, 0.25) is 15.9 Å². The van der Waals surface area contributed by atoms with Gasteiger partial charge in [-0.2, -0.15) is 4.31 Å². The molecule has 4 N–H and O–H groups in total. The van der Waals surface area contributed by atoms with Gasteiger partial charge in [0.25, 0.3) is 0 Å². The number of piperazine rings is 1. The first kappa shape index (κ1) is 35.6. The van der Waals surface area contributed by atoms with Crippen LogP contribution in [0.25, 0.3) is 0 Å². The fraction of sp³-hybridized carbons (Fsp3) is 0.406. The number of hydrogen-bond donors (Lipinski definition) is 3. The molecule has 4 rings (SSSR count). The molecule has 0 radical (unpaired) electrons. The van der Waals surface area contributed by atoms with E-state index in [0.717, 1.165) is 29.8 Å². The summed E-state index contributed by atoms with van der Waals surface area (Å²) in [5, 5.41) is 6.52. The first-order valence-electron chi connectivity index (χ1n) is 14.8. The fourth-order valence-corrected chi connectivity index (χ4v) is 7.88. The van der Waals surface area contributed by atoms with Gasteiger partial charge in [-0.3, -0.25) is 4.79 Å². The van der Waals surface area contributed by atoms with Gasteiger partial charge in [-0.1, -0.05) is 43.6 Å². The average Bonchev–Trinajstić information content (AvgIpc) is 2.97. The van der Waals surface area contributed by atoms with Crippen LogP contribution in [0.2, 0.25) is 5.02 Å². The van der Waals surface area contributed by atoms with E-state index in [0.29, 0.717) is 11.6 Å². The summed E-state index contributed by atoms with van der Waals surface area (Å²) in [5.41, 5.74) is 7.71. The first-order chi connectivity index (χ1) is 21.6. The van der Waals surface area contributed by atoms with Crippen LogP contribution in [0.5, 0.6) is 5.75 Å². The van der Waals surface area contributed by atoms with Gasteiger partial charge < -0.3 is 21.1 Å². The number of amides is 1. The zero-order valence-corrected chi connectivity index (χ0v) is 27.1. The summed E-state index contributed by atoms with van der Waals surface area (Å²) >= 11 is 6.04. The minimum Gasteiger partial charge on any atom is -0.406 e. The number of rotatable bonds is 11. The van der Waals surface area contributed by atoms with Crippen LogP contribution in [0.15, 0.2) is 71.6 Å². The van der Waals surface area contributed by atoms with Gasteiger partial charge in [0.05, 0.1) is 10.9 Å². The Labute approximate surface area is 271 Å². The third kappa shape index (κ3) is 8.56. The number of hydrogen-bond acceptors (Lipinski definition) is 6. The molecule has 4 atom stereocenters. The van der Waals surface area contributed by atoms with Crippen LogP contribution in [-0.4, -0.2) is 56.2 Å². The molecule has 1 aliphatic rings. The second-order valence-electron chi connectivity index (χ2n) is 11.7. The summed E-state index contributed by atoms with van der Waals surface area (Å²) in [6.45, 7) is 6.21. The van der Waals surface area contributed by atoms with E-state index in [9.17, 15) is 26.4 Å². The molecule has 1 amide bonds. The normalized spacial score (nSPS) is 19.1. The molecule has 46 heavy (non-hydrogen) atoms. The predicted molar refractivity (Wildman–Crippen MR) is 169 cm³/mol. The lowest BCUT2D eigenvalue weighted by Crippen LogP contribution is -2.58. The number of benzene rings is 3. The Morgan fingerprint density at radius 2 is 1.74 bits per heavy atom. The van der Waals surface area contributed by atoms with Crippen molar-refractivity contribution in [2.45, 2.75) is 68.9 Å². The number of anilines is 1. The molecule has 0 unspecified atom stereocenters. The van der Waals surface area contributed by atoms with Crippen LogP contribution >= 0.6 is 11.6 Å². The Hall–Kier alpha value is -3.23. The smallest absolute Gasteiger partial charge is 0.406 e. The second kappa shape index (κ2) is 14.7. The van der Waals surface area contributed by atoms with E-state index in [1.54, 1.807) is 25.1 Å². The van der Waals surface area contributed by atoms with E-state index in [-0.39, 0.29) is 47.4 Å². The molecule has 0 bridgehead atoms. The van der Waals surface area contributed by atoms with Crippen molar-refractivity contribution in [1.29, 1.82) is 0 Å². The highest BCUT2D eigenvalue weighted by Gasteiger charge is 2.38. The van der Waals surface area contributed by atoms with E-state index in [4.69, 9.17) is 17.3 Å². The van der Waals surface area contributed by atoms with E-state index in [1.165, 1.54) is 16.4 Å². The van der Waals surface area contributed by atoms with Gasteiger partial charge in [-0.05, 0) is 79.8 Å². The second-order valence-corrected chi connectivity index (χ2v) is 13.9. The fourth-order valence-electron chi connectivity index (χ4n) is 5.91. The zero-order chi connectivity index (χ0) is 33.8. The van der Waals surface area contributed by atoms with E-state index in [1.807, 2.05) is 26.0 Å². The summed E-state index contributed by atoms with van der Waals surface area (Å²) in [7, 11) is -4.15. The lowest BCUT2D eigenvalue weighted by atomic mass is 9.82. The van der Waals surface area contributed by atoms with Gasteiger partial charge in [0.15, 0.2) is 0 Å². The van der Waals surface area contributed by atoms with Gasteiger partial charge in [0, 0.05) is 47.4 Å².